The Morgan fingerprint density at radius 1 is 1.36 bits per heavy atom. The van der Waals surface area contributed by atoms with Gasteiger partial charge in [-0.05, 0) is 17.7 Å². The summed E-state index contributed by atoms with van der Waals surface area (Å²) in [4.78, 5) is 0. The molecule has 0 aliphatic heterocycles. The maximum absolute atomic E-state index is 10.9. The Bertz CT molecular complexity index is 397. The van der Waals surface area contributed by atoms with Crippen LogP contribution in [0.3, 0.4) is 0 Å². The second kappa shape index (κ2) is 4.42. The number of hydrogen-bond donors (Lipinski definition) is 1. The number of benzene rings is 1. The number of rotatable bonds is 3. The summed E-state index contributed by atoms with van der Waals surface area (Å²) in [5.74, 6) is -0.241. The van der Waals surface area contributed by atoms with E-state index in [-0.39, 0.29) is 5.75 Å². The lowest BCUT2D eigenvalue weighted by molar-refractivity contribution is 0.202. The molecule has 0 unspecified atom stereocenters. The molecule has 0 aromatic heterocycles. The molecule has 14 heavy (non-hydrogen) atoms. The summed E-state index contributed by atoms with van der Waals surface area (Å²) in [5.41, 5.74) is 0.610. The standard InChI is InChI=1S/C9H11BrO3S/c1-14(12,13)6-9(11)7-2-4-8(10)5-3-7/h2-5,9,11H,6H2,1H3/t9-/m1/s1. The number of sulfone groups is 1. The average Bonchev–Trinajstić information content (AvgIpc) is 2.02. The van der Waals surface area contributed by atoms with Gasteiger partial charge in [0.2, 0.25) is 0 Å². The van der Waals surface area contributed by atoms with E-state index >= 15 is 0 Å². The molecule has 0 aliphatic rings. The molecule has 1 N–H and O–H groups in total. The van der Waals surface area contributed by atoms with Crippen LogP contribution in [0, 0.1) is 0 Å². The van der Waals surface area contributed by atoms with Gasteiger partial charge in [-0.2, -0.15) is 0 Å². The zero-order chi connectivity index (χ0) is 10.8. The molecule has 0 saturated heterocycles. The van der Waals surface area contributed by atoms with Crippen molar-refractivity contribution >= 4 is 25.8 Å². The van der Waals surface area contributed by atoms with Crippen molar-refractivity contribution in [3.05, 3.63) is 34.3 Å². The summed E-state index contributed by atoms with van der Waals surface area (Å²) in [6.45, 7) is 0. The Balaban J connectivity index is 2.80. The molecule has 0 aliphatic carbocycles. The van der Waals surface area contributed by atoms with Crippen molar-refractivity contribution in [3.63, 3.8) is 0 Å². The summed E-state index contributed by atoms with van der Waals surface area (Å²) >= 11 is 3.26. The molecule has 5 heteroatoms. The fourth-order valence-electron chi connectivity index (χ4n) is 1.07. The van der Waals surface area contributed by atoms with Crippen molar-refractivity contribution in [2.75, 3.05) is 12.0 Å². The van der Waals surface area contributed by atoms with E-state index in [2.05, 4.69) is 15.9 Å². The molecule has 0 heterocycles. The highest BCUT2D eigenvalue weighted by Crippen LogP contribution is 2.17. The van der Waals surface area contributed by atoms with E-state index in [1.54, 1.807) is 24.3 Å². The van der Waals surface area contributed by atoms with Gasteiger partial charge >= 0.3 is 0 Å². The van der Waals surface area contributed by atoms with Crippen LogP contribution in [0.2, 0.25) is 0 Å². The predicted octanol–water partition coefficient (Wildman–Crippen LogP) is 1.53. The Kier molecular flexibility index (Phi) is 3.69. The van der Waals surface area contributed by atoms with Gasteiger partial charge in [-0.15, -0.1) is 0 Å². The zero-order valence-corrected chi connectivity index (χ0v) is 10.0. The van der Waals surface area contributed by atoms with E-state index in [4.69, 9.17) is 0 Å². The van der Waals surface area contributed by atoms with Crippen LogP contribution in [0.4, 0.5) is 0 Å². The monoisotopic (exact) mass is 278 g/mol. The van der Waals surface area contributed by atoms with Crippen molar-refractivity contribution < 1.29 is 13.5 Å². The smallest absolute Gasteiger partial charge is 0.150 e. The predicted molar refractivity (Wildman–Crippen MR) is 58.8 cm³/mol. The molecule has 3 nitrogen and oxygen atoms in total. The third-order valence-corrected chi connectivity index (χ3v) is 3.17. The third-order valence-electron chi connectivity index (χ3n) is 1.72. The summed E-state index contributed by atoms with van der Waals surface area (Å²) in [7, 11) is -3.14. The van der Waals surface area contributed by atoms with Crippen LogP contribution in [0.1, 0.15) is 11.7 Å². The van der Waals surface area contributed by atoms with Crippen LogP contribution in [0.25, 0.3) is 0 Å². The van der Waals surface area contributed by atoms with Gasteiger partial charge in [0.05, 0.1) is 11.9 Å². The Labute approximate surface area is 91.8 Å². The lowest BCUT2D eigenvalue weighted by Crippen LogP contribution is -2.12. The van der Waals surface area contributed by atoms with E-state index < -0.39 is 15.9 Å². The lowest BCUT2D eigenvalue weighted by Gasteiger charge is -2.09. The molecule has 0 amide bonds. The number of aliphatic hydroxyl groups excluding tert-OH is 1. The van der Waals surface area contributed by atoms with Gasteiger partial charge < -0.3 is 5.11 Å². The van der Waals surface area contributed by atoms with E-state index in [0.29, 0.717) is 5.56 Å². The van der Waals surface area contributed by atoms with Gasteiger partial charge in [0, 0.05) is 10.7 Å². The maximum atomic E-state index is 10.9. The number of halogens is 1. The van der Waals surface area contributed by atoms with Gasteiger partial charge in [-0.25, -0.2) is 8.42 Å². The van der Waals surface area contributed by atoms with Crippen LogP contribution in [-0.2, 0) is 9.84 Å². The molecule has 1 aromatic carbocycles. The SMILES string of the molecule is CS(=O)(=O)C[C@@H](O)c1ccc(Br)cc1. The minimum absolute atomic E-state index is 0.241. The fraction of sp³-hybridized carbons (Fsp3) is 0.333. The Morgan fingerprint density at radius 2 is 1.86 bits per heavy atom. The first-order chi connectivity index (χ1) is 6.38. The number of hydrogen-bond acceptors (Lipinski definition) is 3. The molecule has 0 saturated carbocycles. The largest absolute Gasteiger partial charge is 0.387 e. The quantitative estimate of drug-likeness (QED) is 0.912. The van der Waals surface area contributed by atoms with E-state index in [9.17, 15) is 13.5 Å². The summed E-state index contributed by atoms with van der Waals surface area (Å²) in [6.07, 6.45) is 0.160. The highest BCUT2D eigenvalue weighted by molar-refractivity contribution is 9.10. The molecular weight excluding hydrogens is 268 g/mol. The van der Waals surface area contributed by atoms with Crippen molar-refractivity contribution in [1.29, 1.82) is 0 Å². The van der Waals surface area contributed by atoms with E-state index in [1.165, 1.54) is 0 Å². The number of aliphatic hydroxyl groups is 1. The topological polar surface area (TPSA) is 54.4 Å². The molecule has 1 rings (SSSR count). The molecule has 1 aromatic rings. The molecule has 0 radical (unpaired) electrons. The highest BCUT2D eigenvalue weighted by atomic mass is 79.9. The Morgan fingerprint density at radius 3 is 2.29 bits per heavy atom. The molecule has 0 bridgehead atoms. The summed E-state index contributed by atoms with van der Waals surface area (Å²) in [5, 5.41) is 9.55. The molecule has 1 atom stereocenters. The average molecular weight is 279 g/mol. The van der Waals surface area contributed by atoms with Crippen LogP contribution in [0.5, 0.6) is 0 Å². The first-order valence-corrected chi connectivity index (χ1v) is 6.85. The Hall–Kier alpha value is -0.390. The molecular formula is C9H11BrO3S. The first kappa shape index (κ1) is 11.7. The maximum Gasteiger partial charge on any atom is 0.150 e. The normalized spacial score (nSPS) is 13.9. The molecule has 78 valence electrons. The second-order valence-corrected chi connectivity index (χ2v) is 6.26. The van der Waals surface area contributed by atoms with Crippen molar-refractivity contribution in [3.8, 4) is 0 Å². The summed E-state index contributed by atoms with van der Waals surface area (Å²) in [6, 6.07) is 6.92. The minimum Gasteiger partial charge on any atom is -0.387 e. The van der Waals surface area contributed by atoms with Crippen LogP contribution < -0.4 is 0 Å². The van der Waals surface area contributed by atoms with Crippen LogP contribution in [0.15, 0.2) is 28.7 Å². The molecule has 0 spiro atoms. The first-order valence-electron chi connectivity index (χ1n) is 4.00. The van der Waals surface area contributed by atoms with Crippen molar-refractivity contribution in [1.82, 2.24) is 0 Å². The van der Waals surface area contributed by atoms with Gasteiger partial charge in [0.1, 0.15) is 9.84 Å². The van der Waals surface area contributed by atoms with Gasteiger partial charge in [-0.1, -0.05) is 28.1 Å². The van der Waals surface area contributed by atoms with Gasteiger partial charge in [-0.3, -0.25) is 0 Å². The third kappa shape index (κ3) is 3.77. The summed E-state index contributed by atoms with van der Waals surface area (Å²) < 4.78 is 22.7. The lowest BCUT2D eigenvalue weighted by atomic mass is 10.1. The van der Waals surface area contributed by atoms with Crippen LogP contribution in [-0.4, -0.2) is 25.5 Å². The zero-order valence-electron chi connectivity index (χ0n) is 7.64. The highest BCUT2D eigenvalue weighted by Gasteiger charge is 2.13. The molecule has 0 fully saturated rings. The van der Waals surface area contributed by atoms with Gasteiger partial charge in [0.25, 0.3) is 0 Å². The van der Waals surface area contributed by atoms with E-state index in [0.717, 1.165) is 10.7 Å². The second-order valence-electron chi connectivity index (χ2n) is 3.16. The fourth-order valence-corrected chi connectivity index (χ4v) is 2.10. The van der Waals surface area contributed by atoms with Gasteiger partial charge in [0.15, 0.2) is 0 Å². The van der Waals surface area contributed by atoms with Crippen LogP contribution >= 0.6 is 15.9 Å². The minimum atomic E-state index is -3.14. The van der Waals surface area contributed by atoms with Crippen molar-refractivity contribution in [2.24, 2.45) is 0 Å². The van der Waals surface area contributed by atoms with Crippen molar-refractivity contribution in [2.45, 2.75) is 6.10 Å². The van der Waals surface area contributed by atoms with E-state index in [1.807, 2.05) is 0 Å².